The molecule has 0 aliphatic carbocycles. The molecular weight excluding hydrogens is 218 g/mol. The van der Waals surface area contributed by atoms with Gasteiger partial charge in [-0.1, -0.05) is 0 Å². The fourth-order valence-corrected chi connectivity index (χ4v) is 2.36. The zero-order valence-electron chi connectivity index (χ0n) is 9.92. The van der Waals surface area contributed by atoms with E-state index < -0.39 is 0 Å². The van der Waals surface area contributed by atoms with Crippen LogP contribution in [0.5, 0.6) is 0 Å². The van der Waals surface area contributed by atoms with E-state index in [4.69, 9.17) is 4.74 Å². The summed E-state index contributed by atoms with van der Waals surface area (Å²) in [5.74, 6) is 0.936. The highest BCUT2D eigenvalue weighted by molar-refractivity contribution is 5.86. The van der Waals surface area contributed by atoms with E-state index in [9.17, 15) is 0 Å². The van der Waals surface area contributed by atoms with Gasteiger partial charge in [-0.05, 0) is 13.8 Å². The number of anilines is 1. The van der Waals surface area contributed by atoms with Gasteiger partial charge in [0, 0.05) is 13.1 Å². The zero-order valence-corrected chi connectivity index (χ0v) is 9.92. The van der Waals surface area contributed by atoms with Gasteiger partial charge >= 0.3 is 0 Å². The van der Waals surface area contributed by atoms with E-state index in [0.29, 0.717) is 0 Å². The molecule has 3 rings (SSSR count). The third-order valence-corrected chi connectivity index (χ3v) is 2.95. The van der Waals surface area contributed by atoms with Crippen molar-refractivity contribution in [3.63, 3.8) is 0 Å². The number of fused-ring (bicyclic) bond motifs is 1. The summed E-state index contributed by atoms with van der Waals surface area (Å²) in [5.41, 5.74) is 0.779. The Bertz CT molecular complexity index is 515. The van der Waals surface area contributed by atoms with E-state index in [0.717, 1.165) is 29.9 Å². The molecule has 1 N–H and O–H groups in total. The number of nitrogens with one attached hydrogen (secondary N) is 1. The quantitative estimate of drug-likeness (QED) is 0.794. The topological polar surface area (TPSA) is 66.9 Å². The first-order chi connectivity index (χ1) is 8.24. The van der Waals surface area contributed by atoms with Crippen LogP contribution < -0.4 is 4.90 Å². The number of H-pyrrole nitrogens is 1. The number of nitrogens with zero attached hydrogens (tertiary/aromatic N) is 4. The molecule has 2 aromatic heterocycles. The Labute approximate surface area is 99.0 Å². The first-order valence-electron chi connectivity index (χ1n) is 5.78. The Balaban J connectivity index is 2.00. The van der Waals surface area contributed by atoms with Gasteiger partial charge in [0.2, 0.25) is 0 Å². The Hall–Kier alpha value is -1.69. The summed E-state index contributed by atoms with van der Waals surface area (Å²) in [6.07, 6.45) is 3.78. The van der Waals surface area contributed by atoms with Gasteiger partial charge in [-0.3, -0.25) is 5.10 Å². The second-order valence-electron chi connectivity index (χ2n) is 4.49. The fraction of sp³-hybridized carbons (Fsp3) is 0.545. The van der Waals surface area contributed by atoms with Crippen molar-refractivity contribution in [3.05, 3.63) is 12.5 Å². The van der Waals surface area contributed by atoms with E-state index in [-0.39, 0.29) is 12.2 Å². The largest absolute Gasteiger partial charge is 0.372 e. The SMILES string of the molecule is CC1CN(c2ncnc3[nH]ncc23)CC(C)O1. The second kappa shape index (κ2) is 3.96. The first kappa shape index (κ1) is 10.5. The van der Waals surface area contributed by atoms with Crippen LogP contribution in [0.15, 0.2) is 12.5 Å². The molecule has 1 fully saturated rings. The highest BCUT2D eigenvalue weighted by atomic mass is 16.5. The molecule has 6 heteroatoms. The highest BCUT2D eigenvalue weighted by Crippen LogP contribution is 2.24. The number of hydrogen-bond donors (Lipinski definition) is 1. The molecule has 90 valence electrons. The predicted molar refractivity (Wildman–Crippen MR) is 63.9 cm³/mol. The molecule has 1 saturated heterocycles. The smallest absolute Gasteiger partial charge is 0.160 e. The normalized spacial score (nSPS) is 25.4. The third-order valence-electron chi connectivity index (χ3n) is 2.95. The van der Waals surface area contributed by atoms with Crippen LogP contribution in [-0.4, -0.2) is 45.5 Å². The number of aromatic amines is 1. The molecule has 6 nitrogen and oxygen atoms in total. The van der Waals surface area contributed by atoms with Crippen molar-refractivity contribution in [3.8, 4) is 0 Å². The van der Waals surface area contributed by atoms with Crippen LogP contribution in [0, 0.1) is 0 Å². The van der Waals surface area contributed by atoms with E-state index in [1.807, 2.05) is 0 Å². The van der Waals surface area contributed by atoms with E-state index in [1.165, 1.54) is 0 Å². The average molecular weight is 233 g/mol. The second-order valence-corrected chi connectivity index (χ2v) is 4.49. The van der Waals surface area contributed by atoms with Gasteiger partial charge in [0.05, 0.1) is 23.8 Å². The number of ether oxygens (including phenoxy) is 1. The van der Waals surface area contributed by atoms with E-state index >= 15 is 0 Å². The van der Waals surface area contributed by atoms with Crippen molar-refractivity contribution in [1.82, 2.24) is 20.2 Å². The van der Waals surface area contributed by atoms with Gasteiger partial charge in [0.25, 0.3) is 0 Å². The molecular formula is C11H15N5O. The maximum atomic E-state index is 5.72. The number of rotatable bonds is 1. The van der Waals surface area contributed by atoms with Gasteiger partial charge in [-0.2, -0.15) is 5.10 Å². The van der Waals surface area contributed by atoms with Crippen molar-refractivity contribution in [2.24, 2.45) is 0 Å². The van der Waals surface area contributed by atoms with Gasteiger partial charge < -0.3 is 9.64 Å². The maximum absolute atomic E-state index is 5.72. The van der Waals surface area contributed by atoms with Crippen LogP contribution in [0.2, 0.25) is 0 Å². The molecule has 0 amide bonds. The van der Waals surface area contributed by atoms with Crippen LogP contribution in [0.4, 0.5) is 5.82 Å². The molecule has 2 atom stereocenters. The van der Waals surface area contributed by atoms with Crippen molar-refractivity contribution in [2.45, 2.75) is 26.1 Å². The first-order valence-corrected chi connectivity index (χ1v) is 5.78. The monoisotopic (exact) mass is 233 g/mol. The lowest BCUT2D eigenvalue weighted by Gasteiger charge is -2.36. The molecule has 17 heavy (non-hydrogen) atoms. The van der Waals surface area contributed by atoms with Crippen LogP contribution in [0.25, 0.3) is 11.0 Å². The molecule has 0 bridgehead atoms. The van der Waals surface area contributed by atoms with Gasteiger partial charge in [0.1, 0.15) is 12.1 Å². The van der Waals surface area contributed by atoms with Crippen LogP contribution >= 0.6 is 0 Å². The van der Waals surface area contributed by atoms with Crippen molar-refractivity contribution >= 4 is 16.9 Å². The summed E-state index contributed by atoms with van der Waals surface area (Å²) in [5, 5.41) is 7.84. The summed E-state index contributed by atoms with van der Waals surface area (Å²) < 4.78 is 5.72. The van der Waals surface area contributed by atoms with Gasteiger partial charge in [-0.15, -0.1) is 0 Å². The fourth-order valence-electron chi connectivity index (χ4n) is 2.36. The number of morpholine rings is 1. The zero-order chi connectivity index (χ0) is 11.8. The Morgan fingerprint density at radius 2 is 2.06 bits per heavy atom. The lowest BCUT2D eigenvalue weighted by Crippen LogP contribution is -2.45. The Morgan fingerprint density at radius 3 is 2.82 bits per heavy atom. The summed E-state index contributed by atoms with van der Waals surface area (Å²) in [6, 6.07) is 0. The molecule has 1 aliphatic rings. The number of aromatic nitrogens is 4. The average Bonchev–Trinajstić information content (AvgIpc) is 2.75. The Morgan fingerprint density at radius 1 is 1.29 bits per heavy atom. The molecule has 0 spiro atoms. The summed E-state index contributed by atoms with van der Waals surface area (Å²) in [6.45, 7) is 5.86. The maximum Gasteiger partial charge on any atom is 0.160 e. The lowest BCUT2D eigenvalue weighted by atomic mass is 10.2. The molecule has 0 saturated carbocycles. The Kier molecular flexibility index (Phi) is 2.44. The van der Waals surface area contributed by atoms with E-state index in [1.54, 1.807) is 12.5 Å². The molecule has 2 unspecified atom stereocenters. The van der Waals surface area contributed by atoms with Crippen LogP contribution in [0.3, 0.4) is 0 Å². The molecule has 0 radical (unpaired) electrons. The minimum atomic E-state index is 0.218. The molecule has 0 aromatic carbocycles. The summed E-state index contributed by atoms with van der Waals surface area (Å²) in [7, 11) is 0. The van der Waals surface area contributed by atoms with Crippen LogP contribution in [0.1, 0.15) is 13.8 Å². The standard InChI is InChI=1S/C11H15N5O/c1-7-4-16(5-8(2)17-7)11-9-3-14-15-10(9)12-6-13-11/h3,6-8H,4-5H2,1-2H3,(H,12,13,14,15). The lowest BCUT2D eigenvalue weighted by molar-refractivity contribution is -0.00537. The van der Waals surface area contributed by atoms with Crippen molar-refractivity contribution in [1.29, 1.82) is 0 Å². The molecule has 3 heterocycles. The minimum absolute atomic E-state index is 0.218. The van der Waals surface area contributed by atoms with E-state index in [2.05, 4.69) is 38.9 Å². The summed E-state index contributed by atoms with van der Waals surface area (Å²) in [4.78, 5) is 10.8. The van der Waals surface area contributed by atoms with Gasteiger partial charge in [-0.25, -0.2) is 9.97 Å². The molecule has 2 aromatic rings. The van der Waals surface area contributed by atoms with Crippen molar-refractivity contribution < 1.29 is 4.74 Å². The predicted octanol–water partition coefficient (Wildman–Crippen LogP) is 0.966. The number of hydrogen-bond acceptors (Lipinski definition) is 5. The van der Waals surface area contributed by atoms with Crippen LogP contribution in [-0.2, 0) is 4.74 Å². The minimum Gasteiger partial charge on any atom is -0.372 e. The summed E-state index contributed by atoms with van der Waals surface area (Å²) >= 11 is 0. The van der Waals surface area contributed by atoms with Crippen molar-refractivity contribution in [2.75, 3.05) is 18.0 Å². The highest BCUT2D eigenvalue weighted by Gasteiger charge is 2.24. The van der Waals surface area contributed by atoms with Gasteiger partial charge in [0.15, 0.2) is 5.65 Å². The third kappa shape index (κ3) is 1.84. The molecule has 1 aliphatic heterocycles.